The van der Waals surface area contributed by atoms with Gasteiger partial charge in [0.1, 0.15) is 5.69 Å². The van der Waals surface area contributed by atoms with Gasteiger partial charge in [-0.2, -0.15) is 5.10 Å². The van der Waals surface area contributed by atoms with Gasteiger partial charge in [-0.3, -0.25) is 14.9 Å². The summed E-state index contributed by atoms with van der Waals surface area (Å²) in [6, 6.07) is 1.77. The van der Waals surface area contributed by atoms with Crippen LogP contribution in [-0.2, 0) is 4.74 Å². The van der Waals surface area contributed by atoms with Crippen molar-refractivity contribution in [3.63, 3.8) is 0 Å². The van der Waals surface area contributed by atoms with Gasteiger partial charge in [-0.1, -0.05) is 0 Å². The molecule has 1 aromatic heterocycles. The molecule has 0 aliphatic carbocycles. The maximum atomic E-state index is 11.7. The summed E-state index contributed by atoms with van der Waals surface area (Å²) >= 11 is 0. The van der Waals surface area contributed by atoms with Gasteiger partial charge in [0.25, 0.3) is 5.91 Å². The maximum absolute atomic E-state index is 11.7. The number of H-pyrrole nitrogens is 1. The molecule has 2 heterocycles. The van der Waals surface area contributed by atoms with E-state index in [9.17, 15) is 9.59 Å². The molecule has 1 aliphatic heterocycles. The number of aromatic nitrogens is 2. The molecule has 0 bridgehead atoms. The van der Waals surface area contributed by atoms with Crippen LogP contribution in [0.25, 0.3) is 0 Å². The minimum absolute atomic E-state index is 0. The van der Waals surface area contributed by atoms with E-state index in [1.807, 2.05) is 0 Å². The number of nitrogens with two attached hydrogens (primary N) is 1. The molecule has 0 unspecified atom stereocenters. The molecule has 0 spiro atoms. The van der Waals surface area contributed by atoms with E-state index in [4.69, 9.17) is 10.5 Å². The van der Waals surface area contributed by atoms with Gasteiger partial charge in [0.05, 0.1) is 13.2 Å². The lowest BCUT2D eigenvalue weighted by Gasteiger charge is -2.31. The van der Waals surface area contributed by atoms with E-state index >= 15 is 0 Å². The molecular weight excluding hydrogens is 453 g/mol. The van der Waals surface area contributed by atoms with Crippen molar-refractivity contribution in [2.75, 3.05) is 32.8 Å². The minimum Gasteiger partial charge on any atom is -0.450 e. The predicted molar refractivity (Wildman–Crippen MR) is 108 cm³/mol. The first kappa shape index (κ1) is 22.0. The van der Waals surface area contributed by atoms with Crippen LogP contribution in [-0.4, -0.2) is 71.9 Å². The smallest absolute Gasteiger partial charge is 0.409 e. The first-order valence-corrected chi connectivity index (χ1v) is 8.36. The summed E-state index contributed by atoms with van der Waals surface area (Å²) in [5, 5.41) is 12.2. The molecule has 0 saturated carbocycles. The van der Waals surface area contributed by atoms with Crippen LogP contribution < -0.4 is 16.4 Å². The zero-order valence-electron chi connectivity index (χ0n) is 14.7. The molecule has 1 aliphatic rings. The van der Waals surface area contributed by atoms with Crippen LogP contribution in [0.4, 0.5) is 4.79 Å². The van der Waals surface area contributed by atoms with Crippen LogP contribution in [0.15, 0.2) is 17.3 Å². The highest BCUT2D eigenvalue weighted by atomic mass is 127. The Kier molecular flexibility index (Phi) is 9.76. The monoisotopic (exact) mass is 479 g/mol. The Morgan fingerprint density at radius 1 is 1.46 bits per heavy atom. The van der Waals surface area contributed by atoms with Crippen LogP contribution in [0.1, 0.15) is 30.3 Å². The van der Waals surface area contributed by atoms with Crippen molar-refractivity contribution in [2.45, 2.75) is 25.8 Å². The first-order valence-electron chi connectivity index (χ1n) is 8.36. The molecule has 0 radical (unpaired) electrons. The number of nitrogens with one attached hydrogen (secondary N) is 3. The van der Waals surface area contributed by atoms with Gasteiger partial charge in [0, 0.05) is 31.9 Å². The van der Waals surface area contributed by atoms with Crippen molar-refractivity contribution in [3.05, 3.63) is 18.0 Å². The second-order valence-corrected chi connectivity index (χ2v) is 5.60. The van der Waals surface area contributed by atoms with Crippen molar-refractivity contribution in [2.24, 2.45) is 10.7 Å². The van der Waals surface area contributed by atoms with Gasteiger partial charge < -0.3 is 26.0 Å². The molecule has 0 aromatic carbocycles. The Bertz CT molecular complexity index is 586. The van der Waals surface area contributed by atoms with Crippen LogP contribution in [0.5, 0.6) is 0 Å². The molecule has 1 saturated heterocycles. The Balaban J connectivity index is 0.00000338. The summed E-state index contributed by atoms with van der Waals surface area (Å²) in [5.41, 5.74) is 6.27. The lowest BCUT2D eigenvalue weighted by atomic mass is 10.1. The summed E-state index contributed by atoms with van der Waals surface area (Å²) in [4.78, 5) is 29.2. The SMILES string of the molecule is CCOC(=O)N1CCC(NC(N)=NCCNC(=O)c2ccn[nH]2)CC1.I. The van der Waals surface area contributed by atoms with Crippen LogP contribution >= 0.6 is 24.0 Å². The quantitative estimate of drug-likeness (QED) is 0.200. The van der Waals surface area contributed by atoms with E-state index in [2.05, 4.69) is 25.8 Å². The highest BCUT2D eigenvalue weighted by Gasteiger charge is 2.23. The lowest BCUT2D eigenvalue weighted by molar-refractivity contribution is 0.0945. The predicted octanol–water partition coefficient (Wildman–Crippen LogP) is 0.283. The summed E-state index contributed by atoms with van der Waals surface area (Å²) < 4.78 is 4.99. The van der Waals surface area contributed by atoms with Crippen LogP contribution in [0.3, 0.4) is 0 Å². The number of hydrogen-bond donors (Lipinski definition) is 4. The molecule has 0 atom stereocenters. The number of nitrogens with zero attached hydrogens (tertiary/aromatic N) is 3. The number of carbonyl (C=O) groups excluding carboxylic acids is 2. The molecule has 146 valence electrons. The van der Waals surface area contributed by atoms with Gasteiger partial charge in [-0.05, 0) is 25.8 Å². The fourth-order valence-corrected chi connectivity index (χ4v) is 2.50. The molecule has 5 N–H and O–H groups in total. The Morgan fingerprint density at radius 2 is 2.19 bits per heavy atom. The van der Waals surface area contributed by atoms with Crippen molar-refractivity contribution in [1.29, 1.82) is 0 Å². The maximum Gasteiger partial charge on any atom is 0.409 e. The average Bonchev–Trinajstić information content (AvgIpc) is 3.14. The van der Waals surface area contributed by atoms with Crippen molar-refractivity contribution >= 4 is 41.9 Å². The highest BCUT2D eigenvalue weighted by Crippen LogP contribution is 2.11. The second-order valence-electron chi connectivity index (χ2n) is 5.60. The number of halogens is 1. The number of aromatic amines is 1. The number of aliphatic imine (C=N–C) groups is 1. The number of rotatable bonds is 6. The van der Waals surface area contributed by atoms with E-state index in [0.29, 0.717) is 44.4 Å². The van der Waals surface area contributed by atoms with Crippen LogP contribution in [0.2, 0.25) is 0 Å². The summed E-state index contributed by atoms with van der Waals surface area (Å²) in [7, 11) is 0. The Labute approximate surface area is 169 Å². The van der Waals surface area contributed by atoms with E-state index in [0.717, 1.165) is 12.8 Å². The standard InChI is InChI=1S/C15H25N7O3.HI/c1-2-25-15(24)22-9-4-11(5-10-22)20-14(16)18-8-7-17-13(23)12-3-6-19-21-12;/h3,6,11H,2,4-5,7-10H2,1H3,(H,17,23)(H,19,21)(H3,16,18,20);1H. The molecular formula is C15H26IN7O3. The largest absolute Gasteiger partial charge is 0.450 e. The van der Waals surface area contributed by atoms with Gasteiger partial charge in [0.2, 0.25) is 0 Å². The second kappa shape index (κ2) is 11.5. The summed E-state index contributed by atoms with van der Waals surface area (Å²) in [6.07, 6.45) is 2.81. The molecule has 2 rings (SSSR count). The third-order valence-electron chi connectivity index (χ3n) is 3.80. The average molecular weight is 479 g/mol. The number of piperidine rings is 1. The molecule has 11 heteroatoms. The number of carbonyl (C=O) groups is 2. The number of ether oxygens (including phenoxy) is 1. The number of likely N-dealkylation sites (tertiary alicyclic amines) is 1. The molecule has 26 heavy (non-hydrogen) atoms. The van der Waals surface area contributed by atoms with E-state index in [1.54, 1.807) is 17.9 Å². The molecule has 2 amide bonds. The summed E-state index contributed by atoms with van der Waals surface area (Å²) in [6.45, 7) is 4.18. The fourth-order valence-electron chi connectivity index (χ4n) is 2.50. The van der Waals surface area contributed by atoms with Crippen molar-refractivity contribution in [1.82, 2.24) is 25.7 Å². The zero-order chi connectivity index (χ0) is 18.1. The normalized spacial score (nSPS) is 15.1. The lowest BCUT2D eigenvalue weighted by Crippen LogP contribution is -2.48. The van der Waals surface area contributed by atoms with Crippen LogP contribution in [0, 0.1) is 0 Å². The van der Waals surface area contributed by atoms with Gasteiger partial charge in [-0.15, -0.1) is 24.0 Å². The van der Waals surface area contributed by atoms with Crippen molar-refractivity contribution < 1.29 is 14.3 Å². The molecule has 1 fully saturated rings. The topological polar surface area (TPSA) is 138 Å². The Hall–Kier alpha value is -2.05. The fraction of sp³-hybridized carbons (Fsp3) is 0.600. The van der Waals surface area contributed by atoms with E-state index < -0.39 is 0 Å². The third kappa shape index (κ3) is 7.06. The molecule has 1 aromatic rings. The molecule has 10 nitrogen and oxygen atoms in total. The zero-order valence-corrected chi connectivity index (χ0v) is 17.1. The first-order chi connectivity index (χ1) is 12.1. The minimum atomic E-state index is -0.268. The third-order valence-corrected chi connectivity index (χ3v) is 3.80. The Morgan fingerprint density at radius 3 is 2.81 bits per heavy atom. The van der Waals surface area contributed by atoms with Gasteiger partial charge in [-0.25, -0.2) is 4.79 Å². The highest BCUT2D eigenvalue weighted by molar-refractivity contribution is 14.0. The summed E-state index contributed by atoms with van der Waals surface area (Å²) in [5.74, 6) is 0.107. The van der Waals surface area contributed by atoms with Crippen molar-refractivity contribution in [3.8, 4) is 0 Å². The van der Waals surface area contributed by atoms with E-state index in [-0.39, 0.29) is 42.0 Å². The number of amides is 2. The van der Waals surface area contributed by atoms with E-state index in [1.165, 1.54) is 6.20 Å². The number of guanidine groups is 1. The van der Waals surface area contributed by atoms with Gasteiger partial charge >= 0.3 is 6.09 Å². The van der Waals surface area contributed by atoms with Gasteiger partial charge in [0.15, 0.2) is 5.96 Å². The number of hydrogen-bond acceptors (Lipinski definition) is 5.